The Morgan fingerprint density at radius 1 is 1.64 bits per heavy atom. The van der Waals surface area contributed by atoms with E-state index >= 15 is 0 Å². The number of likely N-dealkylation sites (N-methyl/N-ethyl adjacent to an activating group) is 1. The molecule has 0 aliphatic carbocycles. The summed E-state index contributed by atoms with van der Waals surface area (Å²) in [5.41, 5.74) is -0.177. The predicted molar refractivity (Wildman–Crippen MR) is 51.9 cm³/mol. The summed E-state index contributed by atoms with van der Waals surface area (Å²) in [6.45, 7) is 3.49. The third kappa shape index (κ3) is 1.42. The zero-order valence-electron chi connectivity index (χ0n) is 8.63. The van der Waals surface area contributed by atoms with E-state index in [1.165, 1.54) is 0 Å². The number of rotatable bonds is 3. The Morgan fingerprint density at radius 3 is 3.00 bits per heavy atom. The zero-order chi connectivity index (χ0) is 10.0. The van der Waals surface area contributed by atoms with E-state index in [-0.39, 0.29) is 5.54 Å². The molecule has 5 nitrogen and oxygen atoms in total. The van der Waals surface area contributed by atoms with Crippen LogP contribution in [0.15, 0.2) is 0 Å². The van der Waals surface area contributed by atoms with Gasteiger partial charge in [-0.15, -0.1) is 0 Å². The van der Waals surface area contributed by atoms with Gasteiger partial charge in [0.15, 0.2) is 5.82 Å². The van der Waals surface area contributed by atoms with Gasteiger partial charge in [-0.2, -0.15) is 5.10 Å². The van der Waals surface area contributed by atoms with Gasteiger partial charge < -0.3 is 10.1 Å². The molecule has 0 spiro atoms. The molecule has 0 saturated carbocycles. The summed E-state index contributed by atoms with van der Waals surface area (Å²) in [5.74, 6) is 1.76. The second-order valence-electron chi connectivity index (χ2n) is 3.59. The summed E-state index contributed by atoms with van der Waals surface area (Å²) in [6, 6.07) is 0. The highest BCUT2D eigenvalue weighted by Gasteiger charge is 2.38. The summed E-state index contributed by atoms with van der Waals surface area (Å²) in [7, 11) is 1.93. The van der Waals surface area contributed by atoms with Crippen molar-refractivity contribution in [3.05, 3.63) is 11.6 Å². The van der Waals surface area contributed by atoms with Crippen molar-refractivity contribution >= 4 is 0 Å². The molecule has 2 heterocycles. The fourth-order valence-corrected chi connectivity index (χ4v) is 1.72. The van der Waals surface area contributed by atoms with Crippen LogP contribution in [0.1, 0.15) is 25.0 Å². The van der Waals surface area contributed by atoms with Crippen molar-refractivity contribution in [1.82, 2.24) is 20.5 Å². The third-order valence-corrected chi connectivity index (χ3v) is 2.79. The van der Waals surface area contributed by atoms with E-state index in [1.807, 2.05) is 7.05 Å². The highest BCUT2D eigenvalue weighted by Crippen LogP contribution is 2.27. The summed E-state index contributed by atoms with van der Waals surface area (Å²) in [6.07, 6.45) is 1.82. The van der Waals surface area contributed by atoms with Gasteiger partial charge in [0.25, 0.3) is 0 Å². The lowest BCUT2D eigenvalue weighted by Gasteiger charge is -2.22. The first kappa shape index (κ1) is 9.61. The van der Waals surface area contributed by atoms with E-state index < -0.39 is 0 Å². The lowest BCUT2D eigenvalue weighted by molar-refractivity contribution is 0.166. The van der Waals surface area contributed by atoms with Gasteiger partial charge in [0, 0.05) is 13.0 Å². The topological polar surface area (TPSA) is 62.8 Å². The normalized spacial score (nSPS) is 27.0. The smallest absolute Gasteiger partial charge is 0.173 e. The van der Waals surface area contributed by atoms with Crippen LogP contribution >= 0.6 is 0 Å². The predicted octanol–water partition coefficient (Wildman–Crippen LogP) is 0.202. The van der Waals surface area contributed by atoms with Crippen LogP contribution in [-0.4, -0.2) is 35.4 Å². The molecule has 0 amide bonds. The van der Waals surface area contributed by atoms with E-state index in [1.54, 1.807) is 0 Å². The Morgan fingerprint density at radius 2 is 2.50 bits per heavy atom. The monoisotopic (exact) mass is 196 g/mol. The molecular formula is C9H16N4O. The number of aromatic nitrogens is 3. The average molecular weight is 196 g/mol. The molecule has 0 bridgehead atoms. The summed E-state index contributed by atoms with van der Waals surface area (Å²) < 4.78 is 5.39. The molecule has 1 aromatic heterocycles. The zero-order valence-corrected chi connectivity index (χ0v) is 8.63. The van der Waals surface area contributed by atoms with Gasteiger partial charge in [0.1, 0.15) is 11.4 Å². The van der Waals surface area contributed by atoms with E-state index in [9.17, 15) is 0 Å². The Labute approximate surface area is 83.3 Å². The van der Waals surface area contributed by atoms with Crippen LogP contribution in [-0.2, 0) is 16.7 Å². The summed E-state index contributed by atoms with van der Waals surface area (Å²) >= 11 is 0. The fraction of sp³-hybridized carbons (Fsp3) is 0.778. The van der Waals surface area contributed by atoms with Crippen molar-refractivity contribution in [3.8, 4) is 0 Å². The molecule has 2 N–H and O–H groups in total. The lowest BCUT2D eigenvalue weighted by atomic mass is 9.98. The van der Waals surface area contributed by atoms with Crippen molar-refractivity contribution in [2.24, 2.45) is 0 Å². The molecule has 78 valence electrons. The van der Waals surface area contributed by atoms with Crippen LogP contribution in [0.3, 0.4) is 0 Å². The number of aromatic amines is 1. The maximum atomic E-state index is 5.39. The molecule has 1 unspecified atom stereocenters. The van der Waals surface area contributed by atoms with Gasteiger partial charge in [-0.3, -0.25) is 5.10 Å². The van der Waals surface area contributed by atoms with Crippen molar-refractivity contribution in [1.29, 1.82) is 0 Å². The quantitative estimate of drug-likeness (QED) is 0.725. The first-order valence-electron chi connectivity index (χ1n) is 4.99. The molecule has 0 radical (unpaired) electrons. The standard InChI is InChI=1S/C9H16N4O/c1-3-7-11-8(13-12-7)9(10-2)4-5-14-6-9/h10H,3-6H2,1-2H3,(H,11,12,13). The van der Waals surface area contributed by atoms with Crippen LogP contribution in [0.4, 0.5) is 0 Å². The van der Waals surface area contributed by atoms with Gasteiger partial charge in [0.05, 0.1) is 6.61 Å². The minimum Gasteiger partial charge on any atom is -0.379 e. The van der Waals surface area contributed by atoms with E-state index in [0.29, 0.717) is 6.61 Å². The Bertz CT molecular complexity index is 304. The molecule has 0 aromatic carbocycles. The highest BCUT2D eigenvalue weighted by molar-refractivity contribution is 5.08. The molecule has 1 saturated heterocycles. The van der Waals surface area contributed by atoms with Gasteiger partial charge in [-0.25, -0.2) is 4.98 Å². The van der Waals surface area contributed by atoms with E-state index in [4.69, 9.17) is 4.74 Å². The molecule has 1 fully saturated rings. The summed E-state index contributed by atoms with van der Waals surface area (Å²) in [5, 5.41) is 10.4. The molecular weight excluding hydrogens is 180 g/mol. The number of aryl methyl sites for hydroxylation is 1. The summed E-state index contributed by atoms with van der Waals surface area (Å²) in [4.78, 5) is 4.44. The number of H-pyrrole nitrogens is 1. The van der Waals surface area contributed by atoms with Gasteiger partial charge >= 0.3 is 0 Å². The fourth-order valence-electron chi connectivity index (χ4n) is 1.72. The third-order valence-electron chi connectivity index (χ3n) is 2.79. The highest BCUT2D eigenvalue weighted by atomic mass is 16.5. The largest absolute Gasteiger partial charge is 0.379 e. The Balaban J connectivity index is 2.26. The van der Waals surface area contributed by atoms with E-state index in [0.717, 1.165) is 31.1 Å². The van der Waals surface area contributed by atoms with Crippen LogP contribution in [0.5, 0.6) is 0 Å². The van der Waals surface area contributed by atoms with E-state index in [2.05, 4.69) is 27.4 Å². The number of ether oxygens (including phenoxy) is 1. The minimum atomic E-state index is -0.177. The van der Waals surface area contributed by atoms with Crippen LogP contribution < -0.4 is 5.32 Å². The first-order valence-corrected chi connectivity index (χ1v) is 4.99. The maximum absolute atomic E-state index is 5.39. The maximum Gasteiger partial charge on any atom is 0.173 e. The molecule has 2 rings (SSSR count). The van der Waals surface area contributed by atoms with Gasteiger partial charge in [-0.05, 0) is 13.5 Å². The second-order valence-corrected chi connectivity index (χ2v) is 3.59. The molecule has 14 heavy (non-hydrogen) atoms. The molecule has 5 heteroatoms. The molecule has 1 aromatic rings. The van der Waals surface area contributed by atoms with Crippen molar-refractivity contribution in [3.63, 3.8) is 0 Å². The molecule has 1 aliphatic heterocycles. The number of hydrogen-bond acceptors (Lipinski definition) is 4. The number of nitrogens with one attached hydrogen (secondary N) is 2. The molecule has 1 atom stereocenters. The average Bonchev–Trinajstić information content (AvgIpc) is 2.87. The number of hydrogen-bond donors (Lipinski definition) is 2. The minimum absolute atomic E-state index is 0.177. The Kier molecular flexibility index (Phi) is 2.52. The van der Waals surface area contributed by atoms with Crippen molar-refractivity contribution in [2.45, 2.75) is 25.3 Å². The van der Waals surface area contributed by atoms with Crippen molar-refractivity contribution in [2.75, 3.05) is 20.3 Å². The number of nitrogens with zero attached hydrogens (tertiary/aromatic N) is 2. The lowest BCUT2D eigenvalue weighted by Crippen LogP contribution is -2.41. The van der Waals surface area contributed by atoms with Gasteiger partial charge in [0.2, 0.25) is 0 Å². The van der Waals surface area contributed by atoms with Gasteiger partial charge in [-0.1, -0.05) is 6.92 Å². The SMILES string of the molecule is CCc1nc(C2(NC)CCOC2)n[nH]1. The molecule has 1 aliphatic rings. The van der Waals surface area contributed by atoms with Crippen LogP contribution in [0.25, 0.3) is 0 Å². The Hall–Kier alpha value is -0.940. The first-order chi connectivity index (χ1) is 6.80. The van der Waals surface area contributed by atoms with Crippen molar-refractivity contribution < 1.29 is 4.74 Å². The second kappa shape index (κ2) is 3.67. The van der Waals surface area contributed by atoms with Crippen LogP contribution in [0, 0.1) is 0 Å². The van der Waals surface area contributed by atoms with Crippen LogP contribution in [0.2, 0.25) is 0 Å².